The van der Waals surface area contributed by atoms with Crippen LogP contribution in [0.25, 0.3) is 0 Å². The predicted octanol–water partition coefficient (Wildman–Crippen LogP) is 1.49. The molecular weight excluding hydrogens is 150 g/mol. The van der Waals surface area contributed by atoms with Crippen molar-refractivity contribution >= 4 is 5.84 Å². The van der Waals surface area contributed by atoms with Crippen molar-refractivity contribution in [2.45, 2.75) is 19.8 Å². The third kappa shape index (κ3) is 1.81. The Balaban J connectivity index is 3.04. The molecule has 0 saturated carbocycles. The third-order valence-corrected chi connectivity index (χ3v) is 1.68. The first-order valence-electron chi connectivity index (χ1n) is 3.91. The van der Waals surface area contributed by atoms with Crippen LogP contribution in [0.3, 0.4) is 0 Å². The second-order valence-corrected chi connectivity index (χ2v) is 3.04. The van der Waals surface area contributed by atoms with Crippen LogP contribution >= 0.6 is 0 Å². The Bertz CT molecular complexity index is 292. The van der Waals surface area contributed by atoms with Crippen LogP contribution in [0.5, 0.6) is 0 Å². The van der Waals surface area contributed by atoms with E-state index in [1.807, 2.05) is 6.07 Å². The lowest BCUT2D eigenvalue weighted by molar-refractivity contribution is 0.822. The van der Waals surface area contributed by atoms with Crippen LogP contribution in [0.15, 0.2) is 18.3 Å². The van der Waals surface area contributed by atoms with Gasteiger partial charge in [-0.2, -0.15) is 0 Å². The summed E-state index contributed by atoms with van der Waals surface area (Å²) in [5, 5.41) is 7.22. The lowest BCUT2D eigenvalue weighted by atomic mass is 10.1. The number of amidine groups is 1. The minimum absolute atomic E-state index is 0.0966. The van der Waals surface area contributed by atoms with Crippen molar-refractivity contribution in [3.63, 3.8) is 0 Å². The van der Waals surface area contributed by atoms with E-state index in [1.54, 1.807) is 12.3 Å². The van der Waals surface area contributed by atoms with Gasteiger partial charge in [0.15, 0.2) is 0 Å². The van der Waals surface area contributed by atoms with E-state index < -0.39 is 0 Å². The van der Waals surface area contributed by atoms with Gasteiger partial charge in [-0.3, -0.25) is 10.4 Å². The molecule has 0 radical (unpaired) electrons. The van der Waals surface area contributed by atoms with Crippen molar-refractivity contribution in [2.24, 2.45) is 5.73 Å². The van der Waals surface area contributed by atoms with Gasteiger partial charge in [0.25, 0.3) is 0 Å². The van der Waals surface area contributed by atoms with E-state index in [2.05, 4.69) is 18.8 Å². The number of nitrogens with zero attached hydrogens (tertiary/aromatic N) is 1. The number of pyridine rings is 1. The molecule has 0 aliphatic rings. The van der Waals surface area contributed by atoms with Crippen LogP contribution in [0.2, 0.25) is 0 Å². The Morgan fingerprint density at radius 1 is 1.58 bits per heavy atom. The van der Waals surface area contributed by atoms with Crippen molar-refractivity contribution in [2.75, 3.05) is 0 Å². The second kappa shape index (κ2) is 3.34. The van der Waals surface area contributed by atoms with E-state index in [9.17, 15) is 0 Å². The lowest BCUT2D eigenvalue weighted by Gasteiger charge is -2.05. The molecule has 0 bridgehead atoms. The van der Waals surface area contributed by atoms with E-state index in [4.69, 9.17) is 11.1 Å². The highest BCUT2D eigenvalue weighted by Gasteiger charge is 2.02. The summed E-state index contributed by atoms with van der Waals surface area (Å²) in [6.07, 6.45) is 1.69. The number of nitrogens with one attached hydrogen (secondary N) is 1. The molecule has 12 heavy (non-hydrogen) atoms. The summed E-state index contributed by atoms with van der Waals surface area (Å²) in [5.74, 6) is 0.476. The first-order chi connectivity index (χ1) is 5.61. The molecular formula is C9H13N3. The number of nitrogens with two attached hydrogens (primary N) is 1. The Morgan fingerprint density at radius 2 is 2.25 bits per heavy atom. The zero-order valence-corrected chi connectivity index (χ0v) is 7.33. The molecule has 1 heterocycles. The molecule has 0 aliphatic carbocycles. The quantitative estimate of drug-likeness (QED) is 0.512. The van der Waals surface area contributed by atoms with Crippen molar-refractivity contribution in [3.05, 3.63) is 29.6 Å². The van der Waals surface area contributed by atoms with Crippen LogP contribution in [0, 0.1) is 5.41 Å². The van der Waals surface area contributed by atoms with Gasteiger partial charge in [0.1, 0.15) is 5.84 Å². The second-order valence-electron chi connectivity index (χ2n) is 3.04. The molecule has 0 aromatic carbocycles. The Labute approximate surface area is 72.1 Å². The van der Waals surface area contributed by atoms with Gasteiger partial charge in [-0.25, -0.2) is 0 Å². The van der Waals surface area contributed by atoms with E-state index >= 15 is 0 Å². The molecule has 0 spiro atoms. The Kier molecular flexibility index (Phi) is 2.43. The number of hydrogen-bond acceptors (Lipinski definition) is 2. The summed E-state index contributed by atoms with van der Waals surface area (Å²) in [6.45, 7) is 4.12. The summed E-state index contributed by atoms with van der Waals surface area (Å²) in [7, 11) is 0. The first-order valence-corrected chi connectivity index (χ1v) is 3.91. The average molecular weight is 163 g/mol. The standard InChI is InChI=1S/C9H13N3/c1-6(2)8-5-7(9(10)11)3-4-12-8/h3-6H,1-2H3,(H3,10,11). The molecule has 3 heteroatoms. The van der Waals surface area contributed by atoms with Gasteiger partial charge < -0.3 is 5.73 Å². The topological polar surface area (TPSA) is 62.8 Å². The van der Waals surface area contributed by atoms with E-state index in [0.717, 1.165) is 11.3 Å². The molecule has 0 saturated heterocycles. The van der Waals surface area contributed by atoms with Crippen LogP contribution in [0.1, 0.15) is 31.0 Å². The van der Waals surface area contributed by atoms with E-state index in [0.29, 0.717) is 5.92 Å². The third-order valence-electron chi connectivity index (χ3n) is 1.68. The minimum Gasteiger partial charge on any atom is -0.384 e. The van der Waals surface area contributed by atoms with Crippen molar-refractivity contribution < 1.29 is 0 Å². The minimum atomic E-state index is 0.0966. The highest BCUT2D eigenvalue weighted by atomic mass is 14.7. The number of aromatic nitrogens is 1. The number of rotatable bonds is 2. The molecule has 1 aromatic heterocycles. The maximum Gasteiger partial charge on any atom is 0.122 e. The van der Waals surface area contributed by atoms with Crippen molar-refractivity contribution in [3.8, 4) is 0 Å². The molecule has 0 amide bonds. The summed E-state index contributed by atoms with van der Waals surface area (Å²) in [4.78, 5) is 4.17. The first kappa shape index (κ1) is 8.71. The Hall–Kier alpha value is -1.38. The molecule has 1 rings (SSSR count). The normalized spacial score (nSPS) is 10.2. The highest BCUT2D eigenvalue weighted by molar-refractivity contribution is 5.94. The van der Waals surface area contributed by atoms with Gasteiger partial charge in [0, 0.05) is 17.5 Å². The molecule has 3 N–H and O–H groups in total. The molecule has 3 nitrogen and oxygen atoms in total. The van der Waals surface area contributed by atoms with Crippen LogP contribution < -0.4 is 5.73 Å². The molecule has 0 unspecified atom stereocenters. The Morgan fingerprint density at radius 3 is 2.75 bits per heavy atom. The zero-order chi connectivity index (χ0) is 9.14. The summed E-state index contributed by atoms with van der Waals surface area (Å²) in [6, 6.07) is 3.60. The molecule has 0 fully saturated rings. The van der Waals surface area contributed by atoms with Crippen LogP contribution in [-0.4, -0.2) is 10.8 Å². The maximum absolute atomic E-state index is 7.22. The largest absolute Gasteiger partial charge is 0.384 e. The van der Waals surface area contributed by atoms with Crippen molar-refractivity contribution in [1.29, 1.82) is 5.41 Å². The fourth-order valence-electron chi connectivity index (χ4n) is 0.932. The van der Waals surface area contributed by atoms with Gasteiger partial charge in [0.05, 0.1) is 0 Å². The lowest BCUT2D eigenvalue weighted by Crippen LogP contribution is -2.11. The smallest absolute Gasteiger partial charge is 0.122 e. The van der Waals surface area contributed by atoms with E-state index in [1.165, 1.54) is 0 Å². The monoisotopic (exact) mass is 163 g/mol. The number of hydrogen-bond donors (Lipinski definition) is 2. The van der Waals surface area contributed by atoms with Gasteiger partial charge in [-0.15, -0.1) is 0 Å². The maximum atomic E-state index is 7.22. The average Bonchev–Trinajstić information content (AvgIpc) is 2.04. The molecule has 0 atom stereocenters. The van der Waals surface area contributed by atoms with Gasteiger partial charge in [0.2, 0.25) is 0 Å². The predicted molar refractivity (Wildman–Crippen MR) is 49.3 cm³/mol. The zero-order valence-electron chi connectivity index (χ0n) is 7.33. The molecule has 64 valence electrons. The van der Waals surface area contributed by atoms with Crippen LogP contribution in [-0.2, 0) is 0 Å². The van der Waals surface area contributed by atoms with E-state index in [-0.39, 0.29) is 5.84 Å². The summed E-state index contributed by atoms with van der Waals surface area (Å²) < 4.78 is 0. The van der Waals surface area contributed by atoms with Crippen LogP contribution in [0.4, 0.5) is 0 Å². The summed E-state index contributed by atoms with van der Waals surface area (Å²) in [5.41, 5.74) is 7.06. The molecule has 0 aliphatic heterocycles. The van der Waals surface area contributed by atoms with Crippen molar-refractivity contribution in [1.82, 2.24) is 4.98 Å². The fraction of sp³-hybridized carbons (Fsp3) is 0.333. The summed E-state index contributed by atoms with van der Waals surface area (Å²) >= 11 is 0. The van der Waals surface area contributed by atoms with Gasteiger partial charge in [-0.05, 0) is 18.1 Å². The molecule has 1 aromatic rings. The SMILES string of the molecule is CC(C)c1cc(C(=N)N)ccn1. The fourth-order valence-corrected chi connectivity index (χ4v) is 0.932. The highest BCUT2D eigenvalue weighted by Crippen LogP contribution is 2.11. The number of nitrogen functional groups attached to an aromatic ring is 1. The van der Waals surface area contributed by atoms with Gasteiger partial charge in [-0.1, -0.05) is 13.8 Å². The van der Waals surface area contributed by atoms with Gasteiger partial charge >= 0.3 is 0 Å².